The molecule has 0 amide bonds. The smallest absolute Gasteiger partial charge is 0.266 e. The summed E-state index contributed by atoms with van der Waals surface area (Å²) < 4.78 is 32.6. The molecule has 0 saturated heterocycles. The number of fused-ring (bicyclic) bond motifs is 1. The van der Waals surface area contributed by atoms with Gasteiger partial charge in [-0.05, 0) is 48.6 Å². The van der Waals surface area contributed by atoms with Crippen molar-refractivity contribution in [2.24, 2.45) is 0 Å². The van der Waals surface area contributed by atoms with E-state index in [2.05, 4.69) is 26.8 Å². The number of hydrogen-bond acceptors (Lipinski definition) is 3. The van der Waals surface area contributed by atoms with Crippen LogP contribution in [0.4, 0.5) is 0 Å². The molecule has 4 heteroatoms. The molecule has 0 atom stereocenters. The van der Waals surface area contributed by atoms with Crippen LogP contribution in [0, 0.1) is 0 Å². The monoisotopic (exact) mass is 488 g/mol. The highest BCUT2D eigenvalue weighted by atomic mass is 32.2. The second-order valence-corrected chi connectivity index (χ2v) is 11.3. The molecule has 0 saturated carbocycles. The predicted octanol–water partition coefficient (Wildman–Crippen LogP) is 9.15. The second kappa shape index (κ2) is 16.3. The summed E-state index contributed by atoms with van der Waals surface area (Å²) in [5.41, 5.74) is 2.16. The molecule has 0 fully saturated rings. The molecule has 0 bridgehead atoms. The summed E-state index contributed by atoms with van der Waals surface area (Å²) in [6.45, 7) is 6.86. The molecule has 0 aliphatic carbocycles. The molecule has 0 heterocycles. The van der Waals surface area contributed by atoms with Gasteiger partial charge in [0.25, 0.3) is 10.1 Å². The summed E-state index contributed by atoms with van der Waals surface area (Å²) in [7, 11) is -3.81. The molecule has 0 aromatic heterocycles. The molecule has 0 spiro atoms. The zero-order valence-corrected chi connectivity index (χ0v) is 22.9. The highest BCUT2D eigenvalue weighted by Gasteiger charge is 2.25. The van der Waals surface area contributed by atoms with E-state index in [1.54, 1.807) is 0 Å². The highest BCUT2D eigenvalue weighted by Crippen LogP contribution is 2.33. The maximum atomic E-state index is 13.5. The normalized spacial score (nSPS) is 12.0. The van der Waals surface area contributed by atoms with Crippen molar-refractivity contribution in [3.05, 3.63) is 41.5 Å². The highest BCUT2D eigenvalue weighted by molar-refractivity contribution is 7.87. The van der Waals surface area contributed by atoms with Crippen LogP contribution in [-0.2, 0) is 27.1 Å². The lowest BCUT2D eigenvalue weighted by Gasteiger charge is -2.18. The van der Waals surface area contributed by atoms with Crippen molar-refractivity contribution in [1.82, 2.24) is 0 Å². The van der Waals surface area contributed by atoms with Crippen molar-refractivity contribution in [1.29, 1.82) is 0 Å². The van der Waals surface area contributed by atoms with E-state index < -0.39 is 10.1 Å². The lowest BCUT2D eigenvalue weighted by molar-refractivity contribution is 0.306. The van der Waals surface area contributed by atoms with E-state index in [1.165, 1.54) is 50.5 Å². The van der Waals surface area contributed by atoms with Crippen molar-refractivity contribution < 1.29 is 12.6 Å². The van der Waals surface area contributed by atoms with Gasteiger partial charge in [0.1, 0.15) is 4.90 Å². The predicted molar refractivity (Wildman–Crippen MR) is 146 cm³/mol. The molecule has 0 N–H and O–H groups in total. The van der Waals surface area contributed by atoms with E-state index >= 15 is 0 Å². The van der Waals surface area contributed by atoms with E-state index in [0.717, 1.165) is 74.1 Å². The van der Waals surface area contributed by atoms with Crippen molar-refractivity contribution in [3.8, 4) is 0 Å². The third-order valence-corrected chi connectivity index (χ3v) is 8.21. The fraction of sp³-hybridized carbons (Fsp3) is 0.667. The Morgan fingerprint density at radius 1 is 0.676 bits per heavy atom. The summed E-state index contributed by atoms with van der Waals surface area (Å²) in [5, 5.41) is 1.80. The van der Waals surface area contributed by atoms with Crippen molar-refractivity contribution in [2.75, 3.05) is 6.61 Å². The average Bonchev–Trinajstić information content (AvgIpc) is 2.84. The van der Waals surface area contributed by atoms with Crippen LogP contribution in [0.3, 0.4) is 0 Å². The Morgan fingerprint density at radius 3 is 1.88 bits per heavy atom. The summed E-state index contributed by atoms with van der Waals surface area (Å²) in [6, 6.07) is 10.1. The fourth-order valence-electron chi connectivity index (χ4n) is 4.73. The summed E-state index contributed by atoms with van der Waals surface area (Å²) in [5.74, 6) is 0. The van der Waals surface area contributed by atoms with Gasteiger partial charge in [0, 0.05) is 5.39 Å². The Kier molecular flexibility index (Phi) is 13.8. The Balaban J connectivity index is 2.04. The van der Waals surface area contributed by atoms with E-state index in [0.29, 0.717) is 4.90 Å². The van der Waals surface area contributed by atoms with Gasteiger partial charge in [0.05, 0.1) is 6.61 Å². The van der Waals surface area contributed by atoms with Crippen LogP contribution in [-0.4, -0.2) is 15.0 Å². The Bertz CT molecular complexity index is 933. The average molecular weight is 489 g/mol. The first kappa shape index (κ1) is 28.8. The quantitative estimate of drug-likeness (QED) is 0.146. The molecule has 2 aromatic rings. The van der Waals surface area contributed by atoms with Gasteiger partial charge in [-0.25, -0.2) is 0 Å². The minimum absolute atomic E-state index is 0.277. The van der Waals surface area contributed by atoms with Gasteiger partial charge < -0.3 is 0 Å². The Hall–Kier alpha value is -1.39. The molecule has 0 unspecified atom stereocenters. The van der Waals surface area contributed by atoms with Crippen LogP contribution in [0.2, 0.25) is 0 Å². The molecule has 0 radical (unpaired) electrons. The summed E-state index contributed by atoms with van der Waals surface area (Å²) in [6.07, 6.45) is 18.1. The van der Waals surface area contributed by atoms with Crippen LogP contribution in [0.15, 0.2) is 35.2 Å². The molecule has 2 aromatic carbocycles. The molecular weight excluding hydrogens is 440 g/mol. The first-order valence-electron chi connectivity index (χ1n) is 14.0. The maximum Gasteiger partial charge on any atom is 0.297 e. The van der Waals surface area contributed by atoms with Gasteiger partial charge in [-0.2, -0.15) is 8.42 Å². The van der Waals surface area contributed by atoms with Gasteiger partial charge in [0.2, 0.25) is 0 Å². The first-order valence-corrected chi connectivity index (χ1v) is 15.4. The molecular formula is C30H48O3S. The number of unbranched alkanes of at least 4 members (excludes halogenated alkanes) is 11. The number of rotatable bonds is 19. The SMILES string of the molecule is CCCCCCCCCCCCOS(=O)(=O)c1c(CCCC)c(CCCC)cc2ccccc12. The minimum Gasteiger partial charge on any atom is -0.266 e. The first-order chi connectivity index (χ1) is 16.5. The minimum atomic E-state index is -3.81. The van der Waals surface area contributed by atoms with Crippen molar-refractivity contribution in [2.45, 2.75) is 128 Å². The van der Waals surface area contributed by atoms with Gasteiger partial charge >= 0.3 is 0 Å². The number of hydrogen-bond donors (Lipinski definition) is 0. The van der Waals surface area contributed by atoms with Crippen LogP contribution in [0.1, 0.15) is 122 Å². The standard InChI is InChI=1S/C30H48O3S/c1-4-7-10-11-12-13-14-15-16-19-24-33-34(31,32)30-28(22-9-6-3)26(20-8-5-2)25-27-21-17-18-23-29(27)30/h17-18,21,23,25H,4-16,19-20,22,24H2,1-3H3. The zero-order valence-electron chi connectivity index (χ0n) is 22.0. The second-order valence-electron chi connectivity index (χ2n) is 9.73. The largest absolute Gasteiger partial charge is 0.297 e. The van der Waals surface area contributed by atoms with Gasteiger partial charge in [-0.1, -0.05) is 122 Å². The van der Waals surface area contributed by atoms with Gasteiger partial charge in [-0.15, -0.1) is 0 Å². The molecule has 2 rings (SSSR count). The fourth-order valence-corrected chi connectivity index (χ4v) is 6.18. The third-order valence-electron chi connectivity index (χ3n) is 6.76. The number of benzene rings is 2. The van der Waals surface area contributed by atoms with Crippen LogP contribution >= 0.6 is 0 Å². The summed E-state index contributed by atoms with van der Waals surface area (Å²) >= 11 is 0. The molecule has 0 aliphatic heterocycles. The third kappa shape index (κ3) is 9.34. The van der Waals surface area contributed by atoms with Gasteiger partial charge in [-0.3, -0.25) is 4.18 Å². The lowest BCUT2D eigenvalue weighted by Crippen LogP contribution is -2.13. The Labute approximate surface area is 209 Å². The van der Waals surface area contributed by atoms with Crippen LogP contribution < -0.4 is 0 Å². The lowest BCUT2D eigenvalue weighted by atomic mass is 9.94. The number of aryl methyl sites for hydroxylation is 1. The van der Waals surface area contributed by atoms with E-state index in [-0.39, 0.29) is 6.61 Å². The van der Waals surface area contributed by atoms with E-state index in [9.17, 15) is 8.42 Å². The Morgan fingerprint density at radius 2 is 1.24 bits per heavy atom. The zero-order chi connectivity index (χ0) is 24.7. The molecule has 3 nitrogen and oxygen atoms in total. The van der Waals surface area contributed by atoms with Crippen LogP contribution in [0.5, 0.6) is 0 Å². The van der Waals surface area contributed by atoms with Gasteiger partial charge in [0.15, 0.2) is 0 Å². The van der Waals surface area contributed by atoms with E-state index in [4.69, 9.17) is 4.18 Å². The van der Waals surface area contributed by atoms with Crippen molar-refractivity contribution >= 4 is 20.9 Å². The molecule has 34 heavy (non-hydrogen) atoms. The maximum absolute atomic E-state index is 13.5. The van der Waals surface area contributed by atoms with Crippen molar-refractivity contribution in [3.63, 3.8) is 0 Å². The van der Waals surface area contributed by atoms with Crippen LogP contribution in [0.25, 0.3) is 10.8 Å². The topological polar surface area (TPSA) is 43.4 Å². The van der Waals surface area contributed by atoms with E-state index in [1.807, 2.05) is 24.3 Å². The summed E-state index contributed by atoms with van der Waals surface area (Å²) in [4.78, 5) is 0.428. The molecule has 0 aliphatic rings. The molecule has 192 valence electrons.